The van der Waals surface area contributed by atoms with Gasteiger partial charge in [-0.05, 0) is 109 Å². The topological polar surface area (TPSA) is 178 Å². The Hall–Kier alpha value is -6.12. The molecule has 0 saturated carbocycles. The predicted octanol–water partition coefficient (Wildman–Crippen LogP) is 7.98. The average molecular weight is 891 g/mol. The molecular formula is C50H66N8O7. The molecule has 65 heavy (non-hydrogen) atoms. The lowest BCUT2D eigenvalue weighted by Gasteiger charge is -2.34. The minimum absolute atomic E-state index is 0.00163. The molecule has 3 aliphatic heterocycles. The van der Waals surface area contributed by atoms with Crippen molar-refractivity contribution >= 4 is 52.3 Å². The summed E-state index contributed by atoms with van der Waals surface area (Å²) < 4.78 is 9.52. The van der Waals surface area contributed by atoms with Gasteiger partial charge in [0.1, 0.15) is 23.9 Å². The van der Waals surface area contributed by atoms with Crippen molar-refractivity contribution in [1.29, 1.82) is 0 Å². The number of hydrogen-bond donors (Lipinski definition) is 4. The van der Waals surface area contributed by atoms with E-state index in [1.807, 2.05) is 18.7 Å². The highest BCUT2D eigenvalue weighted by atomic mass is 16.5. The molecule has 15 nitrogen and oxygen atoms in total. The minimum Gasteiger partial charge on any atom is -0.453 e. The zero-order chi connectivity index (χ0) is 46.7. The fourth-order valence-corrected chi connectivity index (χ4v) is 9.80. The number of rotatable bonds is 12. The van der Waals surface area contributed by atoms with Gasteiger partial charge in [0.25, 0.3) is 0 Å². The van der Waals surface area contributed by atoms with Gasteiger partial charge in [0.15, 0.2) is 0 Å². The lowest BCUT2D eigenvalue weighted by molar-refractivity contribution is -0.135. The van der Waals surface area contributed by atoms with Crippen molar-refractivity contribution in [1.82, 2.24) is 30.8 Å². The van der Waals surface area contributed by atoms with Crippen molar-refractivity contribution in [3.63, 3.8) is 0 Å². The van der Waals surface area contributed by atoms with Gasteiger partial charge in [-0.1, -0.05) is 78.8 Å². The van der Waals surface area contributed by atoms with Crippen LogP contribution < -0.4 is 25.8 Å². The quantitative estimate of drug-likeness (QED) is 0.109. The Morgan fingerprint density at radius 2 is 1.29 bits per heavy atom. The number of benzene rings is 3. The predicted molar refractivity (Wildman–Crippen MR) is 250 cm³/mol. The number of ether oxygens (including phenoxy) is 2. The van der Waals surface area contributed by atoms with E-state index in [2.05, 4.69) is 118 Å². The number of fused-ring (bicyclic) bond motifs is 1. The third kappa shape index (κ3) is 10.1. The van der Waals surface area contributed by atoms with Crippen molar-refractivity contribution in [2.24, 2.45) is 11.8 Å². The SMILES string of the molecule is COC(=O)N[C@H](C(=O)NC(=O)[C@@H]1CCCN1c1ccc([C@@H]2CC[C@@H](c3ccc4[nH]c([C@@H]5CCCN5C(=O)[C@@H](NC(=O)OC)C(C)C)nc4c3)N2c2ccc(C(C)(C)C)cc2)cc1)C(C)C. The molecule has 0 bridgehead atoms. The first kappa shape index (κ1) is 46.9. The van der Waals surface area contributed by atoms with Crippen LogP contribution in [-0.2, 0) is 29.3 Å². The summed E-state index contributed by atoms with van der Waals surface area (Å²) in [5.74, 6) is -0.734. The molecule has 6 atom stereocenters. The van der Waals surface area contributed by atoms with Gasteiger partial charge in [-0.15, -0.1) is 0 Å². The Bertz CT molecular complexity index is 2360. The van der Waals surface area contributed by atoms with Gasteiger partial charge in [-0.3, -0.25) is 19.7 Å². The maximum absolute atomic E-state index is 13.9. The molecule has 4 N–H and O–H groups in total. The average Bonchev–Trinajstić information content (AvgIpc) is 4.12. The van der Waals surface area contributed by atoms with Crippen LogP contribution in [0.15, 0.2) is 66.7 Å². The zero-order valence-electron chi connectivity index (χ0n) is 39.3. The molecule has 0 radical (unpaired) electrons. The maximum Gasteiger partial charge on any atom is 0.407 e. The Morgan fingerprint density at radius 3 is 1.91 bits per heavy atom. The summed E-state index contributed by atoms with van der Waals surface area (Å²) in [6.45, 7) is 15.3. The van der Waals surface area contributed by atoms with E-state index in [1.165, 1.54) is 19.8 Å². The lowest BCUT2D eigenvalue weighted by atomic mass is 9.87. The number of hydrogen-bond acceptors (Lipinski definition) is 10. The largest absolute Gasteiger partial charge is 0.453 e. The molecule has 5 amide bonds. The van der Waals surface area contributed by atoms with Crippen molar-refractivity contribution < 1.29 is 33.4 Å². The van der Waals surface area contributed by atoms with Gasteiger partial charge in [-0.25, -0.2) is 14.6 Å². The summed E-state index contributed by atoms with van der Waals surface area (Å²) in [6, 6.07) is 21.6. The second kappa shape index (κ2) is 19.5. The van der Waals surface area contributed by atoms with Crippen LogP contribution in [0, 0.1) is 11.8 Å². The van der Waals surface area contributed by atoms with Crippen LogP contribution in [0.4, 0.5) is 21.0 Å². The van der Waals surface area contributed by atoms with Gasteiger partial charge >= 0.3 is 12.2 Å². The Balaban J connectivity index is 1.13. The van der Waals surface area contributed by atoms with Crippen molar-refractivity contribution in [2.45, 2.75) is 129 Å². The first-order valence-electron chi connectivity index (χ1n) is 23.1. The molecule has 3 aromatic carbocycles. The molecule has 0 aliphatic carbocycles. The number of nitrogens with zero attached hydrogens (tertiary/aromatic N) is 4. The van der Waals surface area contributed by atoms with Crippen LogP contribution in [0.3, 0.4) is 0 Å². The van der Waals surface area contributed by atoms with Gasteiger partial charge in [0.05, 0.1) is 43.4 Å². The molecule has 0 spiro atoms. The van der Waals surface area contributed by atoms with Crippen LogP contribution in [0.1, 0.15) is 128 Å². The molecule has 1 aromatic heterocycles. The van der Waals surface area contributed by atoms with Crippen LogP contribution in [0.5, 0.6) is 0 Å². The summed E-state index contributed by atoms with van der Waals surface area (Å²) in [7, 11) is 2.53. The van der Waals surface area contributed by atoms with Crippen molar-refractivity contribution in [3.05, 3.63) is 89.2 Å². The molecule has 3 saturated heterocycles. The fraction of sp³-hybridized carbons (Fsp3) is 0.520. The van der Waals surface area contributed by atoms with E-state index in [4.69, 9.17) is 14.5 Å². The lowest BCUT2D eigenvalue weighted by Crippen LogP contribution is -2.54. The molecular weight excluding hydrogens is 825 g/mol. The number of nitrogens with one attached hydrogen (secondary N) is 4. The van der Waals surface area contributed by atoms with Gasteiger partial charge in [0, 0.05) is 24.5 Å². The number of methoxy groups -OCH3 is 2. The fourth-order valence-electron chi connectivity index (χ4n) is 9.80. The smallest absolute Gasteiger partial charge is 0.407 e. The number of aromatic nitrogens is 2. The number of imide groups is 1. The van der Waals surface area contributed by atoms with E-state index in [-0.39, 0.29) is 47.2 Å². The first-order chi connectivity index (χ1) is 31.0. The number of aromatic amines is 1. The summed E-state index contributed by atoms with van der Waals surface area (Å²) in [5, 5.41) is 7.83. The molecule has 0 unspecified atom stereocenters. The summed E-state index contributed by atoms with van der Waals surface area (Å²) in [4.78, 5) is 79.7. The summed E-state index contributed by atoms with van der Waals surface area (Å²) >= 11 is 0. The van der Waals surface area contributed by atoms with Crippen LogP contribution in [0.2, 0.25) is 0 Å². The molecule has 7 rings (SSSR count). The Kier molecular flexibility index (Phi) is 14.1. The van der Waals surface area contributed by atoms with Gasteiger partial charge in [-0.2, -0.15) is 0 Å². The van der Waals surface area contributed by atoms with E-state index in [0.717, 1.165) is 71.5 Å². The number of amides is 5. The molecule has 348 valence electrons. The minimum atomic E-state index is -0.913. The van der Waals surface area contributed by atoms with E-state index in [1.54, 1.807) is 13.8 Å². The van der Waals surface area contributed by atoms with E-state index < -0.39 is 36.2 Å². The third-order valence-corrected chi connectivity index (χ3v) is 13.4. The third-order valence-electron chi connectivity index (χ3n) is 13.4. The number of anilines is 2. The molecule has 3 fully saturated rings. The highest BCUT2D eigenvalue weighted by Gasteiger charge is 2.40. The normalized spacial score (nSPS) is 20.9. The standard InChI is InChI=1S/C50H66N8O7/c1-29(2)42(53-48(62)64-8)46(60)55-45(59)41-13-11-26-56(41)34-19-14-31(15-20-34)38-24-25-39(58(38)35-21-17-33(18-22-35)50(5,6)7)32-16-23-36-37(28-32)52-44(51-36)40-12-10-27-57(40)47(61)43(30(3)4)54-49(63)65-9/h14-23,28-30,38-43H,10-13,24-27H2,1-9H3,(H,51,52)(H,53,62)(H,54,63)(H,55,59,60)/t38-,39-,40-,41-,42-,43-/m0/s1. The van der Waals surface area contributed by atoms with E-state index >= 15 is 0 Å². The maximum atomic E-state index is 13.9. The van der Waals surface area contributed by atoms with E-state index in [0.29, 0.717) is 19.5 Å². The number of carbonyl (C=O) groups excluding carboxylic acids is 5. The summed E-state index contributed by atoms with van der Waals surface area (Å²) in [6.07, 6.45) is 3.47. The number of H-pyrrole nitrogens is 1. The summed E-state index contributed by atoms with van der Waals surface area (Å²) in [5.41, 5.74) is 7.35. The number of likely N-dealkylation sites (tertiary alicyclic amines) is 1. The second-order valence-corrected chi connectivity index (χ2v) is 19.4. The van der Waals surface area contributed by atoms with Crippen LogP contribution in [0.25, 0.3) is 11.0 Å². The number of alkyl carbamates (subject to hydrolysis) is 2. The van der Waals surface area contributed by atoms with Gasteiger partial charge in [0.2, 0.25) is 17.7 Å². The van der Waals surface area contributed by atoms with Crippen LogP contribution in [-0.4, -0.2) is 90.2 Å². The van der Waals surface area contributed by atoms with Crippen LogP contribution >= 0.6 is 0 Å². The van der Waals surface area contributed by atoms with Gasteiger partial charge < -0.3 is 39.8 Å². The van der Waals surface area contributed by atoms with Crippen molar-refractivity contribution in [2.75, 3.05) is 37.1 Å². The highest BCUT2D eigenvalue weighted by Crippen LogP contribution is 2.48. The molecule has 3 aliphatic rings. The first-order valence-corrected chi connectivity index (χ1v) is 23.1. The Morgan fingerprint density at radius 1 is 0.708 bits per heavy atom. The molecule has 4 heterocycles. The second-order valence-electron chi connectivity index (χ2n) is 19.4. The zero-order valence-corrected chi connectivity index (χ0v) is 39.3. The van der Waals surface area contributed by atoms with E-state index in [9.17, 15) is 24.0 Å². The monoisotopic (exact) mass is 891 g/mol. The van der Waals surface area contributed by atoms with Crippen molar-refractivity contribution in [3.8, 4) is 0 Å². The molecule has 4 aromatic rings. The molecule has 15 heteroatoms. The Labute approximate surface area is 382 Å². The number of imidazole rings is 1. The highest BCUT2D eigenvalue weighted by molar-refractivity contribution is 6.02. The number of carbonyl (C=O) groups is 5.